The van der Waals surface area contributed by atoms with Crippen LogP contribution in [0.3, 0.4) is 0 Å². The maximum Gasteiger partial charge on any atom is 0.191 e. The molecular formula is C23H33IN4O3. The number of ether oxygens (including phenoxy) is 2. The Morgan fingerprint density at radius 3 is 2.45 bits per heavy atom. The molecule has 2 atom stereocenters. The van der Waals surface area contributed by atoms with E-state index in [0.29, 0.717) is 29.1 Å². The van der Waals surface area contributed by atoms with Gasteiger partial charge in [0.1, 0.15) is 11.5 Å². The van der Waals surface area contributed by atoms with Crippen molar-refractivity contribution >= 4 is 35.6 Å². The van der Waals surface area contributed by atoms with Gasteiger partial charge in [0.05, 0.1) is 26.9 Å². The Morgan fingerprint density at radius 1 is 1.16 bits per heavy atom. The lowest BCUT2D eigenvalue weighted by Gasteiger charge is -2.20. The Balaban J connectivity index is 0.00000341. The number of para-hydroxylation sites is 1. The zero-order chi connectivity index (χ0) is 21.3. The first-order chi connectivity index (χ1) is 14.6. The summed E-state index contributed by atoms with van der Waals surface area (Å²) in [6.07, 6.45) is 0.281. The molecule has 0 amide bonds. The minimum Gasteiger partial charge on any atom is -0.497 e. The van der Waals surface area contributed by atoms with Gasteiger partial charge in [-0.25, -0.2) is 0 Å². The molecule has 0 radical (unpaired) electrons. The van der Waals surface area contributed by atoms with Crippen molar-refractivity contribution in [1.29, 1.82) is 0 Å². The van der Waals surface area contributed by atoms with Gasteiger partial charge in [-0.3, -0.25) is 4.99 Å². The molecular weight excluding hydrogens is 507 g/mol. The number of benzene rings is 2. The minimum atomic E-state index is -0.756. The van der Waals surface area contributed by atoms with Gasteiger partial charge >= 0.3 is 0 Å². The Labute approximate surface area is 201 Å². The standard InChI is InChI=1S/C23H32N4O3.HI/c1-4-24-23(26-18-10-11-27(16-18)19-8-6-5-7-9-19)25-15-22(28)17-12-20(29-2)14-21(13-17)30-3;/h5-9,12-14,18,22,28H,4,10-11,15-16H2,1-3H3,(H2,24,25,26);1H. The molecule has 1 saturated heterocycles. The maximum absolute atomic E-state index is 10.6. The van der Waals surface area contributed by atoms with Crippen molar-refractivity contribution in [2.75, 3.05) is 45.3 Å². The average molecular weight is 540 g/mol. The first kappa shape index (κ1) is 25.1. The van der Waals surface area contributed by atoms with Crippen LogP contribution in [0.15, 0.2) is 53.5 Å². The molecule has 170 valence electrons. The number of aliphatic hydroxyl groups is 1. The van der Waals surface area contributed by atoms with Crippen molar-refractivity contribution in [3.05, 3.63) is 54.1 Å². The van der Waals surface area contributed by atoms with E-state index < -0.39 is 6.10 Å². The van der Waals surface area contributed by atoms with E-state index in [1.165, 1.54) is 5.69 Å². The molecule has 2 aromatic carbocycles. The van der Waals surface area contributed by atoms with Crippen molar-refractivity contribution in [3.8, 4) is 11.5 Å². The van der Waals surface area contributed by atoms with Gasteiger partial charge in [0.2, 0.25) is 0 Å². The van der Waals surface area contributed by atoms with Crippen LogP contribution in [0.25, 0.3) is 0 Å². The van der Waals surface area contributed by atoms with E-state index in [9.17, 15) is 5.11 Å². The Bertz CT molecular complexity index is 813. The zero-order valence-electron chi connectivity index (χ0n) is 18.4. The number of anilines is 1. The molecule has 31 heavy (non-hydrogen) atoms. The third-order valence-electron chi connectivity index (χ3n) is 5.18. The Morgan fingerprint density at radius 2 is 1.84 bits per heavy atom. The second-order valence-electron chi connectivity index (χ2n) is 7.29. The first-order valence-electron chi connectivity index (χ1n) is 10.4. The molecule has 0 aromatic heterocycles. The van der Waals surface area contributed by atoms with E-state index in [4.69, 9.17) is 9.47 Å². The van der Waals surface area contributed by atoms with Gasteiger partial charge in [0, 0.05) is 37.4 Å². The molecule has 3 rings (SSSR count). The number of halogens is 1. The summed E-state index contributed by atoms with van der Waals surface area (Å²) in [5.74, 6) is 2.00. The number of hydrogen-bond acceptors (Lipinski definition) is 5. The minimum absolute atomic E-state index is 0. The number of aliphatic hydroxyl groups excluding tert-OH is 1. The smallest absolute Gasteiger partial charge is 0.191 e. The van der Waals surface area contributed by atoms with Gasteiger partial charge in [-0.2, -0.15) is 0 Å². The summed E-state index contributed by atoms with van der Waals surface area (Å²) >= 11 is 0. The van der Waals surface area contributed by atoms with Crippen LogP contribution in [0.2, 0.25) is 0 Å². The van der Waals surface area contributed by atoms with Crippen LogP contribution in [0.5, 0.6) is 11.5 Å². The summed E-state index contributed by atoms with van der Waals surface area (Å²) in [4.78, 5) is 6.98. The fourth-order valence-electron chi connectivity index (χ4n) is 3.57. The van der Waals surface area contributed by atoms with Crippen LogP contribution in [0, 0.1) is 0 Å². The molecule has 8 heteroatoms. The predicted molar refractivity (Wildman–Crippen MR) is 136 cm³/mol. The van der Waals surface area contributed by atoms with Crippen LogP contribution in [0.1, 0.15) is 25.0 Å². The maximum atomic E-state index is 10.6. The molecule has 3 N–H and O–H groups in total. The summed E-state index contributed by atoms with van der Waals surface area (Å²) in [6, 6.07) is 16.1. The number of aliphatic imine (C=N–C) groups is 1. The topological polar surface area (TPSA) is 78.4 Å². The van der Waals surface area contributed by atoms with E-state index in [1.54, 1.807) is 32.4 Å². The van der Waals surface area contributed by atoms with E-state index in [0.717, 1.165) is 26.1 Å². The summed E-state index contributed by atoms with van der Waals surface area (Å²) < 4.78 is 10.6. The van der Waals surface area contributed by atoms with Crippen LogP contribution in [-0.4, -0.2) is 57.5 Å². The number of rotatable bonds is 8. The van der Waals surface area contributed by atoms with Gasteiger partial charge in [0.15, 0.2) is 5.96 Å². The largest absolute Gasteiger partial charge is 0.497 e. The summed E-state index contributed by atoms with van der Waals surface area (Å²) in [5, 5.41) is 17.4. The Hall–Kier alpha value is -2.20. The third kappa shape index (κ3) is 7.17. The van der Waals surface area contributed by atoms with Gasteiger partial charge in [-0.15, -0.1) is 24.0 Å². The predicted octanol–water partition coefficient (Wildman–Crippen LogP) is 3.19. The first-order valence-corrected chi connectivity index (χ1v) is 10.4. The normalized spacial score (nSPS) is 17.0. The molecule has 1 aliphatic rings. The van der Waals surface area contributed by atoms with Crippen molar-refractivity contribution in [2.24, 2.45) is 4.99 Å². The van der Waals surface area contributed by atoms with Crippen molar-refractivity contribution < 1.29 is 14.6 Å². The SMILES string of the molecule is CCNC(=NCC(O)c1cc(OC)cc(OC)c1)NC1CCN(c2ccccc2)C1.I. The summed E-state index contributed by atoms with van der Waals surface area (Å²) in [5.41, 5.74) is 1.95. The molecule has 1 fully saturated rings. The number of methoxy groups -OCH3 is 2. The number of nitrogens with one attached hydrogen (secondary N) is 2. The van der Waals surface area contributed by atoms with E-state index >= 15 is 0 Å². The highest BCUT2D eigenvalue weighted by Crippen LogP contribution is 2.26. The quantitative estimate of drug-likeness (QED) is 0.271. The van der Waals surface area contributed by atoms with Gasteiger partial charge in [-0.1, -0.05) is 18.2 Å². The lowest BCUT2D eigenvalue weighted by Crippen LogP contribution is -2.44. The van der Waals surface area contributed by atoms with Crippen molar-refractivity contribution in [1.82, 2.24) is 10.6 Å². The van der Waals surface area contributed by atoms with Gasteiger partial charge < -0.3 is 30.1 Å². The number of hydrogen-bond donors (Lipinski definition) is 3. The fraction of sp³-hybridized carbons (Fsp3) is 0.435. The van der Waals surface area contributed by atoms with Crippen LogP contribution >= 0.6 is 24.0 Å². The van der Waals surface area contributed by atoms with Crippen LogP contribution in [-0.2, 0) is 0 Å². The highest BCUT2D eigenvalue weighted by molar-refractivity contribution is 14.0. The summed E-state index contributed by atoms with van der Waals surface area (Å²) in [7, 11) is 3.19. The molecule has 1 aliphatic heterocycles. The van der Waals surface area contributed by atoms with E-state index in [-0.39, 0.29) is 30.5 Å². The van der Waals surface area contributed by atoms with Crippen molar-refractivity contribution in [2.45, 2.75) is 25.5 Å². The highest BCUT2D eigenvalue weighted by Gasteiger charge is 2.23. The lowest BCUT2D eigenvalue weighted by molar-refractivity contribution is 0.186. The molecule has 0 aliphatic carbocycles. The van der Waals surface area contributed by atoms with Gasteiger partial charge in [-0.05, 0) is 43.2 Å². The summed E-state index contributed by atoms with van der Waals surface area (Å²) in [6.45, 7) is 4.95. The molecule has 0 saturated carbocycles. The molecule has 7 nitrogen and oxygen atoms in total. The highest BCUT2D eigenvalue weighted by atomic mass is 127. The molecule has 0 bridgehead atoms. The Kier molecular flexibility index (Phi) is 10.2. The molecule has 0 spiro atoms. The molecule has 2 unspecified atom stereocenters. The van der Waals surface area contributed by atoms with Gasteiger partial charge in [0.25, 0.3) is 0 Å². The average Bonchev–Trinajstić information content (AvgIpc) is 3.26. The van der Waals surface area contributed by atoms with Crippen LogP contribution < -0.4 is 25.0 Å². The second-order valence-corrected chi connectivity index (χ2v) is 7.29. The van der Waals surface area contributed by atoms with E-state index in [2.05, 4.69) is 44.8 Å². The number of guanidine groups is 1. The van der Waals surface area contributed by atoms with E-state index in [1.807, 2.05) is 13.0 Å². The third-order valence-corrected chi connectivity index (χ3v) is 5.18. The number of nitrogens with zero attached hydrogens (tertiary/aromatic N) is 2. The lowest BCUT2D eigenvalue weighted by atomic mass is 10.1. The van der Waals surface area contributed by atoms with Crippen molar-refractivity contribution in [3.63, 3.8) is 0 Å². The zero-order valence-corrected chi connectivity index (χ0v) is 20.7. The molecule has 2 aromatic rings. The molecule has 1 heterocycles. The fourth-order valence-corrected chi connectivity index (χ4v) is 3.57. The second kappa shape index (κ2) is 12.6. The monoisotopic (exact) mass is 540 g/mol. The van der Waals surface area contributed by atoms with Crippen LogP contribution in [0.4, 0.5) is 5.69 Å².